The molecule has 2 rings (SSSR count). The molecule has 0 aromatic heterocycles. The Morgan fingerprint density at radius 1 is 1.29 bits per heavy atom. The number of nitrogens with zero attached hydrogens (tertiary/aromatic N) is 2. The molecule has 1 aromatic rings. The molecule has 1 fully saturated rings. The molecule has 0 bridgehead atoms. The smallest absolute Gasteiger partial charge is 0.219 e. The summed E-state index contributed by atoms with van der Waals surface area (Å²) in [4.78, 5) is 15.7. The maximum absolute atomic E-state index is 11.4. The van der Waals surface area contributed by atoms with Crippen LogP contribution in [0, 0.1) is 0 Å². The number of methoxy groups -OCH3 is 1. The van der Waals surface area contributed by atoms with Gasteiger partial charge in [0.15, 0.2) is 0 Å². The number of piperazine rings is 1. The van der Waals surface area contributed by atoms with Gasteiger partial charge < -0.3 is 19.9 Å². The third-order valence-electron chi connectivity index (χ3n) is 4.19. The average molecular weight is 291 g/mol. The fourth-order valence-corrected chi connectivity index (χ4v) is 2.83. The van der Waals surface area contributed by atoms with Crippen LogP contribution in [0.3, 0.4) is 0 Å². The molecule has 5 nitrogen and oxygen atoms in total. The van der Waals surface area contributed by atoms with Crippen molar-refractivity contribution in [2.24, 2.45) is 0 Å². The molecule has 1 unspecified atom stereocenters. The van der Waals surface area contributed by atoms with E-state index in [1.54, 1.807) is 14.0 Å². The molecule has 116 valence electrons. The molecule has 0 spiro atoms. The van der Waals surface area contributed by atoms with E-state index in [4.69, 9.17) is 4.74 Å². The van der Waals surface area contributed by atoms with E-state index in [1.165, 1.54) is 11.3 Å². The summed E-state index contributed by atoms with van der Waals surface area (Å²) in [5.41, 5.74) is 2.37. The predicted octanol–water partition coefficient (Wildman–Crippen LogP) is 1.64. The van der Waals surface area contributed by atoms with Crippen LogP contribution in [0.25, 0.3) is 0 Å². The third-order valence-corrected chi connectivity index (χ3v) is 4.19. The topological polar surface area (TPSA) is 44.8 Å². The summed E-state index contributed by atoms with van der Waals surface area (Å²) in [5.74, 6) is 1.06. The Kier molecular flexibility index (Phi) is 5.07. The van der Waals surface area contributed by atoms with E-state index in [9.17, 15) is 4.79 Å². The number of carbonyl (C=O) groups excluding carboxylic acids is 1. The van der Waals surface area contributed by atoms with Gasteiger partial charge >= 0.3 is 0 Å². The maximum atomic E-state index is 11.4. The lowest BCUT2D eigenvalue weighted by Gasteiger charge is -2.37. The summed E-state index contributed by atoms with van der Waals surface area (Å²) in [7, 11) is 3.66. The number of amides is 1. The van der Waals surface area contributed by atoms with Crippen molar-refractivity contribution in [3.63, 3.8) is 0 Å². The first kappa shape index (κ1) is 15.6. The Labute approximate surface area is 126 Å². The van der Waals surface area contributed by atoms with E-state index in [2.05, 4.69) is 23.2 Å². The Morgan fingerprint density at radius 2 is 1.95 bits per heavy atom. The Bertz CT molecular complexity index is 496. The van der Waals surface area contributed by atoms with Gasteiger partial charge in [0, 0.05) is 50.4 Å². The normalized spacial score (nSPS) is 16.8. The van der Waals surface area contributed by atoms with Crippen LogP contribution in [0.5, 0.6) is 5.75 Å². The fourth-order valence-electron chi connectivity index (χ4n) is 2.83. The van der Waals surface area contributed by atoms with Gasteiger partial charge in [-0.05, 0) is 26.1 Å². The SMILES string of the molecule is CNC(C)c1c(OC)cccc1N1CCN(C(C)=O)CC1. The molecule has 1 aliphatic rings. The number of hydrogen-bond donors (Lipinski definition) is 1. The van der Waals surface area contributed by atoms with Crippen molar-refractivity contribution in [2.45, 2.75) is 19.9 Å². The summed E-state index contributed by atoms with van der Waals surface area (Å²) in [6.45, 7) is 7.04. The molecular formula is C16H25N3O2. The number of nitrogens with one attached hydrogen (secondary N) is 1. The average Bonchev–Trinajstić information content (AvgIpc) is 2.53. The van der Waals surface area contributed by atoms with E-state index >= 15 is 0 Å². The largest absolute Gasteiger partial charge is 0.496 e. The van der Waals surface area contributed by atoms with Gasteiger partial charge in [-0.3, -0.25) is 4.79 Å². The van der Waals surface area contributed by atoms with Crippen LogP contribution in [0.2, 0.25) is 0 Å². The fraction of sp³-hybridized carbons (Fsp3) is 0.562. The minimum atomic E-state index is 0.157. The molecule has 1 atom stereocenters. The van der Waals surface area contributed by atoms with Crippen LogP contribution in [0.15, 0.2) is 18.2 Å². The maximum Gasteiger partial charge on any atom is 0.219 e. The second-order valence-electron chi connectivity index (χ2n) is 5.40. The molecule has 1 heterocycles. The van der Waals surface area contributed by atoms with Crippen molar-refractivity contribution >= 4 is 11.6 Å². The number of benzene rings is 1. The second-order valence-corrected chi connectivity index (χ2v) is 5.40. The minimum absolute atomic E-state index is 0.157. The monoisotopic (exact) mass is 291 g/mol. The summed E-state index contributed by atoms with van der Waals surface area (Å²) < 4.78 is 5.53. The van der Waals surface area contributed by atoms with Crippen LogP contribution >= 0.6 is 0 Å². The lowest BCUT2D eigenvalue weighted by Crippen LogP contribution is -2.48. The molecule has 0 saturated carbocycles. The number of hydrogen-bond acceptors (Lipinski definition) is 4. The van der Waals surface area contributed by atoms with Crippen molar-refractivity contribution < 1.29 is 9.53 Å². The highest BCUT2D eigenvalue weighted by molar-refractivity contribution is 5.73. The molecule has 1 N–H and O–H groups in total. The predicted molar refractivity (Wildman–Crippen MR) is 84.9 cm³/mol. The van der Waals surface area contributed by atoms with E-state index < -0.39 is 0 Å². The number of rotatable bonds is 4. The Balaban J connectivity index is 2.26. The summed E-state index contributed by atoms with van der Waals surface area (Å²) in [5, 5.41) is 3.29. The van der Waals surface area contributed by atoms with Gasteiger partial charge in [0.25, 0.3) is 0 Å². The van der Waals surface area contributed by atoms with Crippen LogP contribution in [0.4, 0.5) is 5.69 Å². The van der Waals surface area contributed by atoms with E-state index in [-0.39, 0.29) is 11.9 Å². The van der Waals surface area contributed by atoms with Gasteiger partial charge in [-0.2, -0.15) is 0 Å². The first-order chi connectivity index (χ1) is 10.1. The van der Waals surface area contributed by atoms with Crippen molar-refractivity contribution in [1.82, 2.24) is 10.2 Å². The lowest BCUT2D eigenvalue weighted by molar-refractivity contribution is -0.129. The van der Waals surface area contributed by atoms with Crippen LogP contribution in [0.1, 0.15) is 25.5 Å². The van der Waals surface area contributed by atoms with Crippen LogP contribution in [-0.4, -0.2) is 51.1 Å². The van der Waals surface area contributed by atoms with Crippen molar-refractivity contribution in [1.29, 1.82) is 0 Å². The van der Waals surface area contributed by atoms with Crippen molar-refractivity contribution in [2.75, 3.05) is 45.2 Å². The van der Waals surface area contributed by atoms with Gasteiger partial charge in [0.05, 0.1) is 7.11 Å². The van der Waals surface area contributed by atoms with E-state index in [0.717, 1.165) is 31.9 Å². The first-order valence-corrected chi connectivity index (χ1v) is 7.43. The zero-order chi connectivity index (χ0) is 15.4. The molecule has 0 radical (unpaired) electrons. The summed E-state index contributed by atoms with van der Waals surface area (Å²) in [6.07, 6.45) is 0. The summed E-state index contributed by atoms with van der Waals surface area (Å²) in [6, 6.07) is 6.37. The molecule has 1 saturated heterocycles. The number of ether oxygens (including phenoxy) is 1. The molecule has 21 heavy (non-hydrogen) atoms. The standard InChI is InChI=1S/C16H25N3O2/c1-12(17-3)16-14(6-5-7-15(16)21-4)19-10-8-18(9-11-19)13(2)20/h5-7,12,17H,8-11H2,1-4H3. The van der Waals surface area contributed by atoms with Gasteiger partial charge in [0.2, 0.25) is 5.91 Å². The molecule has 5 heteroatoms. The van der Waals surface area contributed by atoms with Crippen molar-refractivity contribution in [3.05, 3.63) is 23.8 Å². The highest BCUT2D eigenvalue weighted by Crippen LogP contribution is 2.34. The molecular weight excluding hydrogens is 266 g/mol. The first-order valence-electron chi connectivity index (χ1n) is 7.43. The minimum Gasteiger partial charge on any atom is -0.496 e. The number of carbonyl (C=O) groups is 1. The van der Waals surface area contributed by atoms with Gasteiger partial charge in [-0.15, -0.1) is 0 Å². The zero-order valence-corrected chi connectivity index (χ0v) is 13.3. The highest BCUT2D eigenvalue weighted by Gasteiger charge is 2.23. The van der Waals surface area contributed by atoms with Gasteiger partial charge in [-0.25, -0.2) is 0 Å². The van der Waals surface area contributed by atoms with Crippen molar-refractivity contribution in [3.8, 4) is 5.75 Å². The van der Waals surface area contributed by atoms with Gasteiger partial charge in [-0.1, -0.05) is 6.07 Å². The molecule has 1 aromatic carbocycles. The second kappa shape index (κ2) is 6.80. The Morgan fingerprint density at radius 3 is 2.48 bits per heavy atom. The van der Waals surface area contributed by atoms with E-state index in [0.29, 0.717) is 0 Å². The summed E-state index contributed by atoms with van der Waals surface area (Å²) >= 11 is 0. The molecule has 1 amide bonds. The van der Waals surface area contributed by atoms with Crippen LogP contribution in [-0.2, 0) is 4.79 Å². The van der Waals surface area contributed by atoms with Gasteiger partial charge in [0.1, 0.15) is 5.75 Å². The quantitative estimate of drug-likeness (QED) is 0.916. The number of anilines is 1. The Hall–Kier alpha value is -1.75. The molecule has 1 aliphatic heterocycles. The molecule has 0 aliphatic carbocycles. The lowest BCUT2D eigenvalue weighted by atomic mass is 10.0. The van der Waals surface area contributed by atoms with E-state index in [1.807, 2.05) is 24.1 Å². The zero-order valence-electron chi connectivity index (χ0n) is 13.3. The van der Waals surface area contributed by atoms with Crippen LogP contribution < -0.4 is 15.0 Å². The highest BCUT2D eigenvalue weighted by atomic mass is 16.5. The third kappa shape index (κ3) is 3.29.